The topological polar surface area (TPSA) is 148 Å². The van der Waals surface area contributed by atoms with Crippen molar-refractivity contribution < 1.29 is 39.9 Å². The lowest BCUT2D eigenvalue weighted by Crippen LogP contribution is -2.39. The minimum Gasteiger partial charge on any atom is -0.508 e. The molecule has 0 aromatic heterocycles. The number of benzene rings is 3. The van der Waals surface area contributed by atoms with Crippen LogP contribution in [0.1, 0.15) is 53.4 Å². The minimum absolute atomic E-state index is 0.283. The van der Waals surface area contributed by atoms with Crippen molar-refractivity contribution in [3.8, 4) is 11.5 Å². The van der Waals surface area contributed by atoms with Crippen molar-refractivity contribution in [2.75, 3.05) is 26.2 Å². The Hall–Kier alpha value is -3.92. The first-order chi connectivity index (χ1) is 19.7. The van der Waals surface area contributed by atoms with Gasteiger partial charge in [-0.25, -0.2) is 9.59 Å². The molecule has 9 heteroatoms. The number of hydrogen-bond donors (Lipinski definition) is 5. The van der Waals surface area contributed by atoms with Gasteiger partial charge >= 0.3 is 11.9 Å². The van der Waals surface area contributed by atoms with Crippen molar-refractivity contribution >= 4 is 11.9 Å². The Morgan fingerprint density at radius 2 is 1.49 bits per heavy atom. The van der Waals surface area contributed by atoms with Crippen molar-refractivity contribution in [3.63, 3.8) is 0 Å². The van der Waals surface area contributed by atoms with E-state index in [1.54, 1.807) is 0 Å². The van der Waals surface area contributed by atoms with Gasteiger partial charge in [0.2, 0.25) is 0 Å². The van der Waals surface area contributed by atoms with Crippen LogP contribution in [0.15, 0.2) is 72.8 Å². The Morgan fingerprint density at radius 3 is 2.10 bits per heavy atom. The van der Waals surface area contributed by atoms with E-state index in [0.717, 1.165) is 31.7 Å². The zero-order valence-corrected chi connectivity index (χ0v) is 22.8. The van der Waals surface area contributed by atoms with Crippen molar-refractivity contribution in [1.29, 1.82) is 0 Å². The fraction of sp³-hybridized carbons (Fsp3) is 0.375. The molecule has 4 atom stereocenters. The van der Waals surface area contributed by atoms with E-state index in [1.807, 2.05) is 12.1 Å². The maximum Gasteiger partial charge on any atom is 0.335 e. The number of carboxylic acids is 2. The van der Waals surface area contributed by atoms with Gasteiger partial charge in [0.1, 0.15) is 18.1 Å². The number of ether oxygens (including phenoxy) is 1. The summed E-state index contributed by atoms with van der Waals surface area (Å²) in [5.41, 5.74) is 5.30. The van der Waals surface area contributed by atoms with Gasteiger partial charge < -0.3 is 30.3 Å². The summed E-state index contributed by atoms with van der Waals surface area (Å²) in [7, 11) is 0. The average Bonchev–Trinajstić information content (AvgIpc) is 3.50. The molecule has 2 aliphatic rings. The molecule has 0 spiro atoms. The Labute approximate surface area is 239 Å². The second-order valence-electron chi connectivity index (χ2n) is 10.4. The van der Waals surface area contributed by atoms with E-state index in [9.17, 15) is 14.7 Å². The summed E-state index contributed by atoms with van der Waals surface area (Å²) in [6.07, 6.45) is 0.182. The molecular formula is C32H37NO8. The summed E-state index contributed by atoms with van der Waals surface area (Å²) in [6.45, 7) is 4.18. The summed E-state index contributed by atoms with van der Waals surface area (Å²) in [6, 6.07) is 25.4. The fourth-order valence-electron chi connectivity index (χ4n) is 5.62. The summed E-state index contributed by atoms with van der Waals surface area (Å²) in [5, 5.41) is 42.5. The zero-order valence-electron chi connectivity index (χ0n) is 22.8. The van der Waals surface area contributed by atoms with Crippen LogP contribution in [0.3, 0.4) is 0 Å². The molecule has 2 unspecified atom stereocenters. The van der Waals surface area contributed by atoms with Crippen LogP contribution in [0.25, 0.3) is 0 Å². The molecule has 3 aromatic rings. The quantitative estimate of drug-likeness (QED) is 0.263. The van der Waals surface area contributed by atoms with E-state index in [4.69, 9.17) is 25.2 Å². The second-order valence-corrected chi connectivity index (χ2v) is 10.4. The number of phenols is 1. The van der Waals surface area contributed by atoms with Crippen LogP contribution in [-0.4, -0.2) is 80.8 Å². The Kier molecular flexibility index (Phi) is 10.3. The number of aromatic hydroxyl groups is 1. The van der Waals surface area contributed by atoms with Gasteiger partial charge in [0.25, 0.3) is 0 Å². The van der Waals surface area contributed by atoms with Crippen LogP contribution in [0, 0.1) is 0 Å². The average molecular weight is 564 g/mol. The zero-order chi connectivity index (χ0) is 29.4. The highest BCUT2D eigenvalue weighted by atomic mass is 16.5. The first-order valence-corrected chi connectivity index (χ1v) is 13.9. The van der Waals surface area contributed by atoms with Crippen LogP contribution in [0.4, 0.5) is 0 Å². The lowest BCUT2D eigenvalue weighted by Gasteiger charge is -2.35. The number of aliphatic carboxylic acids is 2. The van der Waals surface area contributed by atoms with Gasteiger partial charge in [0.05, 0.1) is 0 Å². The fourth-order valence-corrected chi connectivity index (χ4v) is 5.62. The van der Waals surface area contributed by atoms with Gasteiger partial charge in [-0.3, -0.25) is 4.90 Å². The number of rotatable bonds is 9. The Morgan fingerprint density at radius 1 is 0.854 bits per heavy atom. The van der Waals surface area contributed by atoms with Gasteiger partial charge in [0, 0.05) is 12.5 Å². The summed E-state index contributed by atoms with van der Waals surface area (Å²) in [5.74, 6) is -1.52. The molecule has 0 radical (unpaired) electrons. The molecule has 1 fully saturated rings. The molecule has 0 bridgehead atoms. The van der Waals surface area contributed by atoms with Crippen LogP contribution in [0.2, 0.25) is 0 Å². The van der Waals surface area contributed by atoms with Gasteiger partial charge in [-0.05, 0) is 91.2 Å². The number of carboxylic acid groups (broad SMARTS) is 2. The van der Waals surface area contributed by atoms with Crippen LogP contribution >= 0.6 is 0 Å². The molecule has 9 nitrogen and oxygen atoms in total. The van der Waals surface area contributed by atoms with Crippen molar-refractivity contribution in [3.05, 3.63) is 95.1 Å². The SMILES string of the molecule is O=C(O)C(O)C(O)C(=O)O.Oc1ccc2c(c1)CC[C@@H](c1ccccc1)[C@H]2c1ccc(OCCN2CCCC2)cc1. The van der Waals surface area contributed by atoms with Gasteiger partial charge in [-0.2, -0.15) is 0 Å². The number of hydrogen-bond acceptors (Lipinski definition) is 7. The first kappa shape index (κ1) is 30.0. The molecule has 1 saturated heterocycles. The predicted octanol–water partition coefficient (Wildman–Crippen LogP) is 3.61. The summed E-state index contributed by atoms with van der Waals surface area (Å²) in [4.78, 5) is 22.0. The molecule has 5 N–H and O–H groups in total. The van der Waals surface area contributed by atoms with E-state index < -0.39 is 24.1 Å². The molecule has 5 rings (SSSR count). The first-order valence-electron chi connectivity index (χ1n) is 13.9. The number of likely N-dealkylation sites (tertiary alicyclic amines) is 1. The van der Waals surface area contributed by atoms with Gasteiger partial charge in [-0.1, -0.05) is 48.5 Å². The molecule has 1 aliphatic heterocycles. The molecule has 218 valence electrons. The number of aliphatic hydroxyl groups is 2. The van der Waals surface area contributed by atoms with E-state index in [0.29, 0.717) is 11.7 Å². The molecule has 1 heterocycles. The van der Waals surface area contributed by atoms with E-state index >= 15 is 0 Å². The molecule has 41 heavy (non-hydrogen) atoms. The second kappa shape index (κ2) is 14.1. The number of aliphatic hydroxyl groups excluding tert-OH is 2. The third-order valence-corrected chi connectivity index (χ3v) is 7.74. The third kappa shape index (κ3) is 7.85. The number of fused-ring (bicyclic) bond motifs is 1. The van der Waals surface area contributed by atoms with Crippen molar-refractivity contribution in [1.82, 2.24) is 4.90 Å². The van der Waals surface area contributed by atoms with Crippen molar-refractivity contribution in [2.45, 2.75) is 49.7 Å². The summed E-state index contributed by atoms with van der Waals surface area (Å²) < 4.78 is 6.03. The van der Waals surface area contributed by atoms with Crippen LogP contribution in [0.5, 0.6) is 11.5 Å². The third-order valence-electron chi connectivity index (χ3n) is 7.74. The van der Waals surface area contributed by atoms with Crippen LogP contribution < -0.4 is 4.74 Å². The number of aryl methyl sites for hydroxylation is 1. The molecule has 0 amide bonds. The van der Waals surface area contributed by atoms with Gasteiger partial charge in [0.15, 0.2) is 12.2 Å². The summed E-state index contributed by atoms with van der Waals surface area (Å²) >= 11 is 0. The molecular weight excluding hydrogens is 526 g/mol. The number of nitrogens with zero attached hydrogens (tertiary/aromatic N) is 1. The highest BCUT2D eigenvalue weighted by Crippen LogP contribution is 2.47. The van der Waals surface area contributed by atoms with Crippen molar-refractivity contribution in [2.24, 2.45) is 0 Å². The highest BCUT2D eigenvalue weighted by molar-refractivity contribution is 5.83. The highest BCUT2D eigenvalue weighted by Gasteiger charge is 2.32. The van der Waals surface area contributed by atoms with Gasteiger partial charge in [-0.15, -0.1) is 0 Å². The number of phenolic OH excluding ortho intramolecular Hbond substituents is 1. The Balaban J connectivity index is 0.000000334. The number of carbonyl (C=O) groups is 2. The van der Waals surface area contributed by atoms with Crippen LogP contribution in [-0.2, 0) is 16.0 Å². The normalized spacial score (nSPS) is 19.8. The standard InChI is InChI=1S/C28H31NO2.C4H6O6/c30-24-11-15-27-23(20-24)10-14-26(21-6-2-1-3-7-21)28(27)22-8-12-25(13-9-22)31-19-18-29-16-4-5-17-29;5-1(3(7)8)2(6)4(9)10/h1-3,6-9,11-13,15,20,26,28,30H,4-5,10,14,16-19H2;1-2,5-6H,(H,7,8)(H,9,10)/t26-,28+;/m0./s1. The Bertz CT molecular complexity index is 1270. The molecule has 1 aliphatic carbocycles. The molecule has 3 aromatic carbocycles. The lowest BCUT2D eigenvalue weighted by molar-refractivity contribution is -0.165. The van der Waals surface area contributed by atoms with E-state index in [1.165, 1.54) is 48.2 Å². The molecule has 0 saturated carbocycles. The maximum absolute atomic E-state index is 10.0. The largest absolute Gasteiger partial charge is 0.508 e. The van der Waals surface area contributed by atoms with E-state index in [-0.39, 0.29) is 5.92 Å². The maximum atomic E-state index is 10.0. The minimum atomic E-state index is -2.27. The predicted molar refractivity (Wildman–Crippen MR) is 152 cm³/mol. The lowest BCUT2D eigenvalue weighted by atomic mass is 9.69. The smallest absolute Gasteiger partial charge is 0.335 e. The monoisotopic (exact) mass is 563 g/mol. The van der Waals surface area contributed by atoms with E-state index in [2.05, 4.69) is 65.6 Å².